The van der Waals surface area contributed by atoms with E-state index in [2.05, 4.69) is 0 Å². The highest BCUT2D eigenvalue weighted by Gasteiger charge is 2.42. The van der Waals surface area contributed by atoms with E-state index in [1.54, 1.807) is 12.1 Å². The van der Waals surface area contributed by atoms with Crippen LogP contribution >= 0.6 is 0 Å². The van der Waals surface area contributed by atoms with Gasteiger partial charge in [0.15, 0.2) is 0 Å². The van der Waals surface area contributed by atoms with E-state index in [0.717, 1.165) is 4.31 Å². The lowest BCUT2D eigenvalue weighted by Gasteiger charge is -2.13. The number of fused-ring (bicyclic) bond motifs is 1. The van der Waals surface area contributed by atoms with Gasteiger partial charge in [-0.25, -0.2) is 12.7 Å². The van der Waals surface area contributed by atoms with Crippen LogP contribution in [0.1, 0.15) is 23.7 Å². The molecule has 0 fully saturated rings. The summed E-state index contributed by atoms with van der Waals surface area (Å²) in [5, 5.41) is 0. The second kappa shape index (κ2) is 4.03. The second-order valence-corrected chi connectivity index (χ2v) is 5.52. The number of methoxy groups -OCH3 is 1. The van der Waals surface area contributed by atoms with Crippen molar-refractivity contribution in [1.82, 2.24) is 4.31 Å². The number of hydrogen-bond donors (Lipinski definition) is 0. The molecule has 1 aliphatic heterocycles. The Morgan fingerprint density at radius 3 is 2.65 bits per heavy atom. The Hall–Kier alpha value is -1.56. The third-order valence-corrected chi connectivity index (χ3v) is 4.50. The quantitative estimate of drug-likeness (QED) is 0.815. The Balaban J connectivity index is 2.67. The van der Waals surface area contributed by atoms with Gasteiger partial charge in [-0.3, -0.25) is 4.79 Å². The maximum Gasteiger partial charge on any atom is 0.271 e. The lowest BCUT2D eigenvalue weighted by Crippen LogP contribution is -2.30. The molecule has 1 amide bonds. The van der Waals surface area contributed by atoms with Gasteiger partial charge in [0.05, 0.1) is 12.7 Å². The van der Waals surface area contributed by atoms with Gasteiger partial charge in [-0.05, 0) is 18.6 Å². The minimum atomic E-state index is -3.74. The minimum absolute atomic E-state index is 0.0130. The van der Waals surface area contributed by atoms with E-state index in [1.165, 1.54) is 13.2 Å². The van der Waals surface area contributed by atoms with Crippen LogP contribution in [0, 0.1) is 0 Å². The molecule has 0 saturated heterocycles. The second-order valence-electron chi connectivity index (χ2n) is 3.72. The van der Waals surface area contributed by atoms with Crippen molar-refractivity contribution in [2.75, 3.05) is 13.7 Å². The van der Waals surface area contributed by atoms with Gasteiger partial charge in [-0.2, -0.15) is 0 Å². The maximum absolute atomic E-state index is 12.2. The fraction of sp³-hybridized carbons (Fsp3) is 0.364. The monoisotopic (exact) mass is 255 g/mol. The van der Waals surface area contributed by atoms with E-state index in [0.29, 0.717) is 6.42 Å². The van der Waals surface area contributed by atoms with Crippen LogP contribution in [0.15, 0.2) is 23.1 Å². The van der Waals surface area contributed by atoms with Crippen LogP contribution in [0.4, 0.5) is 0 Å². The smallest absolute Gasteiger partial charge is 0.271 e. The molecule has 92 valence electrons. The standard InChI is InChI=1S/C11H13NO4S/c1-3-7-12-11(13)8-5-4-6-9(16-2)10(8)17(12,14)15/h4-6H,3,7H2,1-2H3. The molecule has 1 aromatic rings. The van der Waals surface area contributed by atoms with Gasteiger partial charge in [0.25, 0.3) is 15.9 Å². The number of benzene rings is 1. The molecule has 1 aliphatic rings. The summed E-state index contributed by atoms with van der Waals surface area (Å²) < 4.78 is 30.3. The molecule has 6 heteroatoms. The van der Waals surface area contributed by atoms with E-state index in [4.69, 9.17) is 4.74 Å². The zero-order valence-corrected chi connectivity index (χ0v) is 10.5. The molecule has 0 bridgehead atoms. The maximum atomic E-state index is 12.2. The minimum Gasteiger partial charge on any atom is -0.495 e. The molecule has 17 heavy (non-hydrogen) atoms. The molecule has 0 saturated carbocycles. The topological polar surface area (TPSA) is 63.7 Å². The Morgan fingerprint density at radius 2 is 2.06 bits per heavy atom. The van der Waals surface area contributed by atoms with Gasteiger partial charge >= 0.3 is 0 Å². The number of ether oxygens (including phenoxy) is 1. The highest BCUT2D eigenvalue weighted by atomic mass is 32.2. The van der Waals surface area contributed by atoms with Crippen LogP contribution in [0.2, 0.25) is 0 Å². The number of amides is 1. The zero-order valence-electron chi connectivity index (χ0n) is 9.63. The van der Waals surface area contributed by atoms with Crippen LogP contribution in [-0.4, -0.2) is 32.3 Å². The van der Waals surface area contributed by atoms with Crippen molar-refractivity contribution >= 4 is 15.9 Å². The number of sulfonamides is 1. The lowest BCUT2D eigenvalue weighted by molar-refractivity contribution is 0.0871. The van der Waals surface area contributed by atoms with Gasteiger partial charge in [0, 0.05) is 6.54 Å². The van der Waals surface area contributed by atoms with Crippen molar-refractivity contribution in [1.29, 1.82) is 0 Å². The predicted molar refractivity (Wildman–Crippen MR) is 61.5 cm³/mol. The van der Waals surface area contributed by atoms with Crippen LogP contribution in [0.5, 0.6) is 5.75 Å². The molecule has 0 N–H and O–H groups in total. The van der Waals surface area contributed by atoms with Crippen molar-refractivity contribution in [3.05, 3.63) is 23.8 Å². The summed E-state index contributed by atoms with van der Waals surface area (Å²) in [7, 11) is -2.35. The molecule has 0 radical (unpaired) electrons. The normalized spacial score (nSPS) is 17.1. The molecule has 0 spiro atoms. The van der Waals surface area contributed by atoms with Crippen LogP contribution in [-0.2, 0) is 10.0 Å². The number of carbonyl (C=O) groups excluding carboxylic acids is 1. The fourth-order valence-corrected chi connectivity index (χ4v) is 3.69. The largest absolute Gasteiger partial charge is 0.495 e. The first-order valence-electron chi connectivity index (χ1n) is 5.28. The summed E-state index contributed by atoms with van der Waals surface area (Å²) >= 11 is 0. The molecule has 1 aromatic carbocycles. The van der Waals surface area contributed by atoms with Gasteiger partial charge in [-0.15, -0.1) is 0 Å². The van der Waals surface area contributed by atoms with E-state index < -0.39 is 15.9 Å². The number of nitrogens with zero attached hydrogens (tertiary/aromatic N) is 1. The van der Waals surface area contributed by atoms with Crippen molar-refractivity contribution in [2.24, 2.45) is 0 Å². The van der Waals surface area contributed by atoms with E-state index in [-0.39, 0.29) is 22.8 Å². The van der Waals surface area contributed by atoms with Crippen molar-refractivity contribution in [2.45, 2.75) is 18.2 Å². The van der Waals surface area contributed by atoms with E-state index in [9.17, 15) is 13.2 Å². The van der Waals surface area contributed by atoms with Crippen molar-refractivity contribution in [3.8, 4) is 5.75 Å². The molecule has 5 nitrogen and oxygen atoms in total. The summed E-state index contributed by atoms with van der Waals surface area (Å²) in [4.78, 5) is 11.9. The Bertz CT molecular complexity index is 565. The van der Waals surface area contributed by atoms with Crippen molar-refractivity contribution < 1.29 is 17.9 Å². The highest BCUT2D eigenvalue weighted by molar-refractivity contribution is 7.90. The molecule has 2 rings (SSSR count). The predicted octanol–water partition coefficient (Wildman–Crippen LogP) is 1.25. The molecule has 0 aromatic heterocycles. The summed E-state index contributed by atoms with van der Waals surface area (Å²) in [6.07, 6.45) is 0.585. The molecular weight excluding hydrogens is 242 g/mol. The van der Waals surface area contributed by atoms with Crippen LogP contribution in [0.3, 0.4) is 0 Å². The number of carbonyl (C=O) groups is 1. The Labute approximate surface area is 100 Å². The zero-order chi connectivity index (χ0) is 12.6. The van der Waals surface area contributed by atoms with Gasteiger partial charge in [0.2, 0.25) is 0 Å². The van der Waals surface area contributed by atoms with Crippen LogP contribution in [0.25, 0.3) is 0 Å². The average Bonchev–Trinajstić information content (AvgIpc) is 2.51. The average molecular weight is 255 g/mol. The summed E-state index contributed by atoms with van der Waals surface area (Å²) in [5.41, 5.74) is 0.192. The van der Waals surface area contributed by atoms with Crippen LogP contribution < -0.4 is 4.74 Å². The highest BCUT2D eigenvalue weighted by Crippen LogP contribution is 2.36. The van der Waals surface area contributed by atoms with Crippen molar-refractivity contribution in [3.63, 3.8) is 0 Å². The first kappa shape index (κ1) is 11.9. The molecule has 0 unspecified atom stereocenters. The summed E-state index contributed by atoms with van der Waals surface area (Å²) in [5.74, 6) is -0.254. The molecule has 0 aliphatic carbocycles. The van der Waals surface area contributed by atoms with Gasteiger partial charge < -0.3 is 4.74 Å². The Morgan fingerprint density at radius 1 is 1.35 bits per heavy atom. The van der Waals surface area contributed by atoms with E-state index >= 15 is 0 Å². The van der Waals surface area contributed by atoms with E-state index in [1.807, 2.05) is 6.92 Å². The van der Waals surface area contributed by atoms with Gasteiger partial charge in [0.1, 0.15) is 10.6 Å². The summed E-state index contributed by atoms with van der Waals surface area (Å²) in [6.45, 7) is 2.02. The number of hydrogen-bond acceptors (Lipinski definition) is 4. The summed E-state index contributed by atoms with van der Waals surface area (Å²) in [6, 6.07) is 4.66. The first-order valence-corrected chi connectivity index (χ1v) is 6.72. The fourth-order valence-electron chi connectivity index (χ4n) is 1.89. The first-order chi connectivity index (χ1) is 8.04. The van der Waals surface area contributed by atoms with Gasteiger partial charge in [-0.1, -0.05) is 13.0 Å². The third-order valence-electron chi connectivity index (χ3n) is 2.63. The lowest BCUT2D eigenvalue weighted by atomic mass is 10.2. The molecule has 1 heterocycles. The molecule has 0 atom stereocenters. The SMILES string of the molecule is CCCN1C(=O)c2cccc(OC)c2S1(=O)=O. The third kappa shape index (κ3) is 1.59. The molecular formula is C11H13NO4S. The Kier molecular flexibility index (Phi) is 2.82. The number of rotatable bonds is 3.